The third kappa shape index (κ3) is 41.4. The molecule has 0 spiro atoms. The van der Waals surface area contributed by atoms with Crippen molar-refractivity contribution in [1.29, 1.82) is 0 Å². The van der Waals surface area contributed by atoms with E-state index in [2.05, 4.69) is 55.6 Å². The summed E-state index contributed by atoms with van der Waals surface area (Å²) in [6.07, 6.45) is 45.0. The van der Waals surface area contributed by atoms with Crippen molar-refractivity contribution in [2.75, 3.05) is 26.4 Å². The third-order valence-electron chi connectivity index (χ3n) is 9.32. The third-order valence-corrected chi connectivity index (χ3v) is 10.3. The van der Waals surface area contributed by atoms with Gasteiger partial charge in [0, 0.05) is 19.4 Å². The molecule has 54 heavy (non-hydrogen) atoms. The Labute approximate surface area is 331 Å². The second-order valence-electron chi connectivity index (χ2n) is 14.7. The van der Waals surface area contributed by atoms with Gasteiger partial charge >= 0.3 is 13.8 Å². The van der Waals surface area contributed by atoms with Gasteiger partial charge in [-0.15, -0.1) is 0 Å². The molecule has 0 aliphatic rings. The molecule has 316 valence electrons. The SMILES string of the molecule is CCCCC/C=C\C/C=C\C/C=C\CCCCCCCCCCC(=O)OCC(O)COP(=O)(O)OCCNC(=O)CCCCCCCCCCCCCC. The normalized spacial score (nSPS) is 13.6. The van der Waals surface area contributed by atoms with Gasteiger partial charge in [0.1, 0.15) is 12.7 Å². The molecule has 2 atom stereocenters. The van der Waals surface area contributed by atoms with Gasteiger partial charge in [-0.2, -0.15) is 0 Å². The minimum absolute atomic E-state index is 0.0828. The number of carbonyl (C=O) groups is 2. The summed E-state index contributed by atoms with van der Waals surface area (Å²) in [5.41, 5.74) is 0. The molecule has 0 rings (SSSR count). The van der Waals surface area contributed by atoms with E-state index >= 15 is 0 Å². The fourth-order valence-corrected chi connectivity index (χ4v) is 6.73. The van der Waals surface area contributed by atoms with E-state index in [4.69, 9.17) is 13.8 Å². The number of rotatable bonds is 41. The van der Waals surface area contributed by atoms with Crippen molar-refractivity contribution in [2.24, 2.45) is 0 Å². The number of aliphatic hydroxyl groups is 1. The topological polar surface area (TPSA) is 131 Å². The van der Waals surface area contributed by atoms with Gasteiger partial charge in [0.2, 0.25) is 5.91 Å². The molecule has 0 aromatic rings. The second-order valence-corrected chi connectivity index (χ2v) is 16.1. The van der Waals surface area contributed by atoms with Crippen LogP contribution in [0.3, 0.4) is 0 Å². The number of allylic oxidation sites excluding steroid dienone is 6. The molecule has 1 amide bonds. The Morgan fingerprint density at radius 2 is 1.00 bits per heavy atom. The summed E-state index contributed by atoms with van der Waals surface area (Å²) in [5.74, 6) is -0.521. The molecule has 0 saturated heterocycles. The summed E-state index contributed by atoms with van der Waals surface area (Å²) in [6, 6.07) is 0. The van der Waals surface area contributed by atoms with E-state index in [0.29, 0.717) is 6.42 Å². The summed E-state index contributed by atoms with van der Waals surface area (Å²) in [7, 11) is -4.41. The largest absolute Gasteiger partial charge is 0.472 e. The summed E-state index contributed by atoms with van der Waals surface area (Å²) in [4.78, 5) is 33.9. The zero-order chi connectivity index (χ0) is 39.6. The molecule has 0 aromatic carbocycles. The van der Waals surface area contributed by atoms with Crippen LogP contribution < -0.4 is 5.32 Å². The monoisotopic (exact) mass is 784 g/mol. The fraction of sp³-hybridized carbons (Fsp3) is 0.818. The van der Waals surface area contributed by atoms with Crippen molar-refractivity contribution in [3.05, 3.63) is 36.5 Å². The summed E-state index contributed by atoms with van der Waals surface area (Å²) in [5, 5.41) is 12.7. The minimum atomic E-state index is -4.41. The Morgan fingerprint density at radius 3 is 1.54 bits per heavy atom. The number of carbonyl (C=O) groups excluding carboxylic acids is 2. The molecule has 0 radical (unpaired) electrons. The van der Waals surface area contributed by atoms with E-state index in [1.165, 1.54) is 109 Å². The van der Waals surface area contributed by atoms with E-state index in [0.717, 1.165) is 64.2 Å². The van der Waals surface area contributed by atoms with Gasteiger partial charge in [-0.3, -0.25) is 18.6 Å². The van der Waals surface area contributed by atoms with Gasteiger partial charge in [0.25, 0.3) is 0 Å². The highest BCUT2D eigenvalue weighted by Gasteiger charge is 2.23. The zero-order valence-corrected chi connectivity index (χ0v) is 35.6. The standard InChI is InChI=1S/C44H82NO8P/c1-3-5-7-9-11-13-15-17-18-19-20-21-22-23-24-25-27-29-31-33-35-37-44(48)51-40-42(46)41-53-54(49,50)52-39-38-45-43(47)36-34-32-30-28-26-16-14-12-10-8-6-4-2/h11,13,17-18,20-21,42,46H,3-10,12,14-16,19,22-41H2,1-2H3,(H,45,47)(H,49,50)/b13-11-,18-17-,21-20-. The highest BCUT2D eigenvalue weighted by Crippen LogP contribution is 2.42. The van der Waals surface area contributed by atoms with Crippen molar-refractivity contribution >= 4 is 19.7 Å². The first-order valence-electron chi connectivity index (χ1n) is 22.0. The summed E-state index contributed by atoms with van der Waals surface area (Å²) in [6.45, 7) is 3.52. The van der Waals surface area contributed by atoms with Crippen LogP contribution in [0.4, 0.5) is 0 Å². The van der Waals surface area contributed by atoms with Crippen molar-refractivity contribution < 1.29 is 37.9 Å². The Morgan fingerprint density at radius 1 is 0.574 bits per heavy atom. The molecule has 9 nitrogen and oxygen atoms in total. The van der Waals surface area contributed by atoms with Gasteiger partial charge < -0.3 is 20.1 Å². The number of hydrogen-bond donors (Lipinski definition) is 3. The lowest BCUT2D eigenvalue weighted by Gasteiger charge is -2.15. The first kappa shape index (κ1) is 52.2. The number of unbranched alkanes of at least 4 members (excludes halogenated alkanes) is 22. The van der Waals surface area contributed by atoms with Crippen LogP contribution in [0.2, 0.25) is 0 Å². The lowest BCUT2D eigenvalue weighted by atomic mass is 10.0. The van der Waals surface area contributed by atoms with Crippen molar-refractivity contribution in [3.63, 3.8) is 0 Å². The highest BCUT2D eigenvalue weighted by atomic mass is 31.2. The average molecular weight is 784 g/mol. The van der Waals surface area contributed by atoms with E-state index < -0.39 is 26.5 Å². The molecule has 0 aliphatic carbocycles. The van der Waals surface area contributed by atoms with E-state index in [-0.39, 0.29) is 32.1 Å². The fourth-order valence-electron chi connectivity index (χ4n) is 5.98. The molecule has 0 fully saturated rings. The van der Waals surface area contributed by atoms with Crippen LogP contribution in [0.1, 0.15) is 200 Å². The molecule has 2 unspecified atom stereocenters. The lowest BCUT2D eigenvalue weighted by Crippen LogP contribution is -2.27. The Bertz CT molecular complexity index is 986. The number of ether oxygens (including phenoxy) is 1. The highest BCUT2D eigenvalue weighted by molar-refractivity contribution is 7.47. The van der Waals surface area contributed by atoms with Crippen molar-refractivity contribution in [3.8, 4) is 0 Å². The maximum absolute atomic E-state index is 12.1. The summed E-state index contributed by atoms with van der Waals surface area (Å²) >= 11 is 0. The second kappa shape index (κ2) is 40.9. The number of aliphatic hydroxyl groups excluding tert-OH is 1. The lowest BCUT2D eigenvalue weighted by molar-refractivity contribution is -0.147. The van der Waals surface area contributed by atoms with E-state index in [1.54, 1.807) is 0 Å². The molecule has 10 heteroatoms. The van der Waals surface area contributed by atoms with Crippen LogP contribution in [0.25, 0.3) is 0 Å². The number of nitrogens with one attached hydrogen (secondary N) is 1. The van der Waals surface area contributed by atoms with Crippen LogP contribution in [0.15, 0.2) is 36.5 Å². The predicted octanol–water partition coefficient (Wildman–Crippen LogP) is 12.2. The van der Waals surface area contributed by atoms with Gasteiger partial charge in [0.15, 0.2) is 0 Å². The molecule has 3 N–H and O–H groups in total. The van der Waals surface area contributed by atoms with E-state index in [1.807, 2.05) is 0 Å². The maximum atomic E-state index is 12.1. The first-order valence-corrected chi connectivity index (χ1v) is 23.5. The quantitative estimate of drug-likeness (QED) is 0.0242. The number of esters is 1. The molecule has 0 saturated carbocycles. The maximum Gasteiger partial charge on any atom is 0.472 e. The molecular formula is C44H82NO8P. The zero-order valence-electron chi connectivity index (χ0n) is 34.7. The van der Waals surface area contributed by atoms with Crippen LogP contribution in [0.5, 0.6) is 0 Å². The minimum Gasteiger partial charge on any atom is -0.463 e. The van der Waals surface area contributed by atoms with Crippen LogP contribution >= 0.6 is 7.82 Å². The van der Waals surface area contributed by atoms with Crippen molar-refractivity contribution in [2.45, 2.75) is 206 Å². The van der Waals surface area contributed by atoms with Gasteiger partial charge in [0.05, 0.1) is 13.2 Å². The van der Waals surface area contributed by atoms with Crippen LogP contribution in [0, 0.1) is 0 Å². The first-order chi connectivity index (χ1) is 26.3. The Kier molecular flexibility index (Phi) is 39.5. The smallest absolute Gasteiger partial charge is 0.463 e. The van der Waals surface area contributed by atoms with E-state index in [9.17, 15) is 24.2 Å². The number of hydrogen-bond acceptors (Lipinski definition) is 7. The molecular weight excluding hydrogens is 701 g/mol. The molecule has 0 aromatic heterocycles. The van der Waals surface area contributed by atoms with Gasteiger partial charge in [-0.25, -0.2) is 4.57 Å². The predicted molar refractivity (Wildman–Crippen MR) is 224 cm³/mol. The Hall–Kier alpha value is -1.77. The number of phosphoric ester groups is 1. The van der Waals surface area contributed by atoms with Crippen molar-refractivity contribution in [1.82, 2.24) is 5.32 Å². The Balaban J connectivity index is 3.60. The average Bonchev–Trinajstić information content (AvgIpc) is 3.16. The number of phosphoric acid groups is 1. The van der Waals surface area contributed by atoms with Gasteiger partial charge in [-0.05, 0) is 51.4 Å². The molecule has 0 heterocycles. The van der Waals surface area contributed by atoms with Crippen LogP contribution in [-0.4, -0.2) is 54.3 Å². The summed E-state index contributed by atoms with van der Waals surface area (Å²) < 4.78 is 26.9. The van der Waals surface area contributed by atoms with Gasteiger partial charge in [-0.1, -0.05) is 172 Å². The van der Waals surface area contributed by atoms with Crippen LogP contribution in [-0.2, 0) is 27.9 Å². The molecule has 0 aliphatic heterocycles. The molecule has 0 bridgehead atoms. The number of amides is 1.